The van der Waals surface area contributed by atoms with Gasteiger partial charge in [0.15, 0.2) is 11.6 Å². The van der Waals surface area contributed by atoms with E-state index in [2.05, 4.69) is 33.5 Å². The van der Waals surface area contributed by atoms with Crippen LogP contribution in [0.2, 0.25) is 0 Å². The zero-order valence-electron chi connectivity index (χ0n) is 17.7. The lowest BCUT2D eigenvalue weighted by Gasteiger charge is -2.22. The van der Waals surface area contributed by atoms with E-state index in [0.29, 0.717) is 30.1 Å². The van der Waals surface area contributed by atoms with Crippen LogP contribution < -0.4 is 5.32 Å². The van der Waals surface area contributed by atoms with Crippen LogP contribution in [0.15, 0.2) is 30.5 Å². The third-order valence-corrected chi connectivity index (χ3v) is 6.53. The quantitative estimate of drug-likeness (QED) is 0.663. The number of H-pyrrole nitrogens is 1. The molecular formula is C24H27FN4O2. The first-order valence-corrected chi connectivity index (χ1v) is 11.0. The molecule has 2 aromatic heterocycles. The number of hydrogen-bond acceptors (Lipinski definition) is 4. The van der Waals surface area contributed by atoms with Crippen LogP contribution in [0.5, 0.6) is 0 Å². The molecule has 0 bridgehead atoms. The van der Waals surface area contributed by atoms with Crippen molar-refractivity contribution in [3.05, 3.63) is 58.7 Å². The Morgan fingerprint density at radius 3 is 2.94 bits per heavy atom. The van der Waals surface area contributed by atoms with Crippen molar-refractivity contribution >= 4 is 22.6 Å². The number of rotatable bonds is 3. The molecule has 2 aliphatic rings. The van der Waals surface area contributed by atoms with Crippen LogP contribution >= 0.6 is 0 Å². The summed E-state index contributed by atoms with van der Waals surface area (Å²) in [6.45, 7) is 2.44. The molecule has 2 N–H and O–H groups in total. The normalized spacial score (nSPS) is 17.4. The number of anilines is 1. The van der Waals surface area contributed by atoms with Gasteiger partial charge in [0.05, 0.1) is 0 Å². The lowest BCUT2D eigenvalue weighted by atomic mass is 9.91. The van der Waals surface area contributed by atoms with Crippen LogP contribution in [0.4, 0.5) is 10.2 Å². The van der Waals surface area contributed by atoms with E-state index in [4.69, 9.17) is 4.74 Å². The fourth-order valence-electron chi connectivity index (χ4n) is 4.74. The fraction of sp³-hybridized carbons (Fsp3) is 0.417. The Kier molecular flexibility index (Phi) is 5.36. The van der Waals surface area contributed by atoms with Crippen LogP contribution in [0.25, 0.3) is 10.9 Å². The number of carbonyl (C=O) groups excluding carboxylic acids is 1. The number of nitrogens with zero attached hydrogens (tertiary/aromatic N) is 2. The van der Waals surface area contributed by atoms with Gasteiger partial charge < -0.3 is 19.9 Å². The maximum Gasteiger partial charge on any atom is 0.270 e. The third kappa shape index (κ3) is 3.78. The highest BCUT2D eigenvalue weighted by Gasteiger charge is 2.25. The molecule has 0 unspecified atom stereocenters. The van der Waals surface area contributed by atoms with E-state index in [1.807, 2.05) is 6.07 Å². The number of aryl methyl sites for hydroxylation is 1. The van der Waals surface area contributed by atoms with Crippen LogP contribution in [0.3, 0.4) is 0 Å². The molecule has 7 heteroatoms. The summed E-state index contributed by atoms with van der Waals surface area (Å²) >= 11 is 0. The van der Waals surface area contributed by atoms with E-state index in [9.17, 15) is 9.18 Å². The van der Waals surface area contributed by atoms with Gasteiger partial charge >= 0.3 is 0 Å². The number of aromatic nitrogens is 2. The minimum atomic E-state index is -0.363. The first kappa shape index (κ1) is 20.0. The SMILES string of the molecule is CNc1ncc2c(c1F)CN(C(=O)c1cc3ccc(C4CCOCC4)cc3[nH]1)CCC2. The predicted octanol–water partition coefficient (Wildman–Crippen LogP) is 4.23. The van der Waals surface area contributed by atoms with Gasteiger partial charge in [-0.05, 0) is 54.9 Å². The van der Waals surface area contributed by atoms with Crippen molar-refractivity contribution in [2.24, 2.45) is 0 Å². The summed E-state index contributed by atoms with van der Waals surface area (Å²) in [5.41, 5.74) is 4.24. The van der Waals surface area contributed by atoms with Crippen molar-refractivity contribution in [3.8, 4) is 0 Å². The highest BCUT2D eigenvalue weighted by molar-refractivity contribution is 5.98. The van der Waals surface area contributed by atoms with Gasteiger partial charge in [-0.25, -0.2) is 9.37 Å². The number of fused-ring (bicyclic) bond motifs is 2. The van der Waals surface area contributed by atoms with Gasteiger partial charge in [-0.15, -0.1) is 0 Å². The van der Waals surface area contributed by atoms with Gasteiger partial charge in [0.1, 0.15) is 5.69 Å². The number of halogens is 1. The second-order valence-electron chi connectivity index (χ2n) is 8.42. The monoisotopic (exact) mass is 422 g/mol. The maximum atomic E-state index is 14.9. The summed E-state index contributed by atoms with van der Waals surface area (Å²) in [5, 5.41) is 3.80. The summed E-state index contributed by atoms with van der Waals surface area (Å²) in [6, 6.07) is 8.30. The van der Waals surface area contributed by atoms with Crippen molar-refractivity contribution in [1.29, 1.82) is 0 Å². The Bertz CT molecular complexity index is 1120. The van der Waals surface area contributed by atoms with E-state index in [1.54, 1.807) is 18.1 Å². The Labute approximate surface area is 180 Å². The van der Waals surface area contributed by atoms with Gasteiger partial charge in [0.25, 0.3) is 5.91 Å². The van der Waals surface area contributed by atoms with Crippen molar-refractivity contribution in [2.45, 2.75) is 38.1 Å². The van der Waals surface area contributed by atoms with Gasteiger partial charge in [-0.2, -0.15) is 0 Å². The van der Waals surface area contributed by atoms with Crippen LogP contribution in [0.1, 0.15) is 52.4 Å². The average molecular weight is 423 g/mol. The summed E-state index contributed by atoms with van der Waals surface area (Å²) in [7, 11) is 1.65. The van der Waals surface area contributed by atoms with Gasteiger partial charge in [-0.3, -0.25) is 4.79 Å². The summed E-state index contributed by atoms with van der Waals surface area (Å²) in [4.78, 5) is 22.5. The van der Waals surface area contributed by atoms with Crippen molar-refractivity contribution < 1.29 is 13.9 Å². The number of amides is 1. The molecule has 0 atom stereocenters. The van der Waals surface area contributed by atoms with E-state index in [1.165, 1.54) is 5.56 Å². The Morgan fingerprint density at radius 2 is 2.13 bits per heavy atom. The predicted molar refractivity (Wildman–Crippen MR) is 118 cm³/mol. The molecule has 0 aliphatic carbocycles. The minimum Gasteiger partial charge on any atom is -0.381 e. The van der Waals surface area contributed by atoms with Gasteiger partial charge in [0, 0.05) is 56.0 Å². The topological polar surface area (TPSA) is 70.2 Å². The van der Waals surface area contributed by atoms with Crippen molar-refractivity contribution in [1.82, 2.24) is 14.9 Å². The molecule has 162 valence electrons. The number of ether oxygens (including phenoxy) is 1. The summed E-state index contributed by atoms with van der Waals surface area (Å²) < 4.78 is 20.4. The molecule has 0 saturated carbocycles. The van der Waals surface area contributed by atoms with Gasteiger partial charge in [-0.1, -0.05) is 12.1 Å². The smallest absolute Gasteiger partial charge is 0.270 e. The molecule has 4 heterocycles. The Hall–Kier alpha value is -2.93. The van der Waals surface area contributed by atoms with Crippen LogP contribution in [-0.4, -0.2) is 47.6 Å². The van der Waals surface area contributed by atoms with E-state index >= 15 is 0 Å². The van der Waals surface area contributed by atoms with Gasteiger partial charge in [0.2, 0.25) is 0 Å². The molecule has 2 aliphatic heterocycles. The second-order valence-corrected chi connectivity index (χ2v) is 8.42. The number of aromatic amines is 1. The summed E-state index contributed by atoms with van der Waals surface area (Å²) in [5.74, 6) is 0.260. The first-order valence-electron chi connectivity index (χ1n) is 11.0. The standard InChI is InChI=1S/C24H27FN4O2/c1-26-23-22(25)19-14-29(8-2-3-18(19)13-27-23)24(30)21-12-17-5-4-16(11-20(17)28-21)15-6-9-31-10-7-15/h4-5,11-13,15,28H,2-3,6-10,14H2,1H3,(H,26,27). The van der Waals surface area contributed by atoms with E-state index in [0.717, 1.165) is 48.9 Å². The maximum absolute atomic E-state index is 14.9. The highest BCUT2D eigenvalue weighted by atomic mass is 19.1. The lowest BCUT2D eigenvalue weighted by molar-refractivity contribution is 0.0739. The molecule has 1 amide bonds. The third-order valence-electron chi connectivity index (χ3n) is 6.53. The molecule has 1 fully saturated rings. The Balaban J connectivity index is 1.41. The van der Waals surface area contributed by atoms with Crippen molar-refractivity contribution in [2.75, 3.05) is 32.1 Å². The number of benzene rings is 1. The molecule has 31 heavy (non-hydrogen) atoms. The molecular weight excluding hydrogens is 395 g/mol. The Morgan fingerprint density at radius 1 is 1.29 bits per heavy atom. The number of carbonyl (C=O) groups is 1. The van der Waals surface area contributed by atoms with Crippen LogP contribution in [-0.2, 0) is 17.7 Å². The zero-order valence-corrected chi connectivity index (χ0v) is 17.7. The number of hydrogen-bond donors (Lipinski definition) is 2. The van der Waals surface area contributed by atoms with Crippen LogP contribution in [0, 0.1) is 5.82 Å². The molecule has 5 rings (SSSR count). The lowest BCUT2D eigenvalue weighted by Crippen LogP contribution is -2.31. The largest absolute Gasteiger partial charge is 0.381 e. The molecule has 6 nitrogen and oxygen atoms in total. The molecule has 1 aromatic carbocycles. The first-order chi connectivity index (χ1) is 15.1. The molecule has 1 saturated heterocycles. The van der Waals surface area contributed by atoms with Crippen molar-refractivity contribution in [3.63, 3.8) is 0 Å². The fourth-order valence-corrected chi connectivity index (χ4v) is 4.74. The van der Waals surface area contributed by atoms with E-state index < -0.39 is 0 Å². The number of nitrogens with one attached hydrogen (secondary N) is 2. The van der Waals surface area contributed by atoms with E-state index in [-0.39, 0.29) is 24.1 Å². The zero-order chi connectivity index (χ0) is 21.4. The average Bonchev–Trinajstić information content (AvgIpc) is 3.11. The molecule has 0 spiro atoms. The summed E-state index contributed by atoms with van der Waals surface area (Å²) in [6.07, 6.45) is 5.28. The minimum absolute atomic E-state index is 0.0983. The highest BCUT2D eigenvalue weighted by Crippen LogP contribution is 2.30. The second kappa shape index (κ2) is 8.30. The molecule has 0 radical (unpaired) electrons. The molecule has 3 aromatic rings. The number of pyridine rings is 1.